The number of ether oxygens (including phenoxy) is 1. The Morgan fingerprint density at radius 2 is 2.29 bits per heavy atom. The summed E-state index contributed by atoms with van der Waals surface area (Å²) in [5, 5.41) is 0.917. The lowest BCUT2D eigenvalue weighted by Gasteiger charge is -2.06. The van der Waals surface area contributed by atoms with Gasteiger partial charge in [0.25, 0.3) is 0 Å². The van der Waals surface area contributed by atoms with Gasteiger partial charge >= 0.3 is 5.97 Å². The average Bonchev–Trinajstić information content (AvgIpc) is 2.58. The number of aromatic nitrogens is 1. The van der Waals surface area contributed by atoms with E-state index in [1.807, 2.05) is 6.92 Å². The van der Waals surface area contributed by atoms with Crippen molar-refractivity contribution in [2.45, 2.75) is 33.1 Å². The van der Waals surface area contributed by atoms with E-state index in [1.165, 1.54) is 7.11 Å². The van der Waals surface area contributed by atoms with Crippen LogP contribution in [-0.2, 0) is 4.74 Å². The normalized spacial score (nSPS) is 12.6. The van der Waals surface area contributed by atoms with Gasteiger partial charge in [-0.05, 0) is 19.3 Å². The van der Waals surface area contributed by atoms with Crippen molar-refractivity contribution in [1.82, 2.24) is 4.98 Å². The van der Waals surface area contributed by atoms with Crippen LogP contribution in [0.1, 0.15) is 46.6 Å². The molecule has 1 heterocycles. The topological polar surface area (TPSA) is 39.2 Å². The molecule has 3 nitrogen and oxygen atoms in total. The number of rotatable bonds is 3. The zero-order valence-corrected chi connectivity index (χ0v) is 9.77. The molecule has 0 bridgehead atoms. The summed E-state index contributed by atoms with van der Waals surface area (Å²) in [5.41, 5.74) is 0.490. The first-order chi connectivity index (χ1) is 6.60. The van der Waals surface area contributed by atoms with Crippen molar-refractivity contribution in [1.29, 1.82) is 0 Å². The SMILES string of the molecule is CCC(C)c1sc(C)nc1C(=O)OC. The third-order valence-electron chi connectivity index (χ3n) is 2.20. The van der Waals surface area contributed by atoms with Crippen LogP contribution >= 0.6 is 11.3 Å². The van der Waals surface area contributed by atoms with E-state index >= 15 is 0 Å². The second-order valence-electron chi connectivity index (χ2n) is 3.25. The minimum atomic E-state index is -0.329. The van der Waals surface area contributed by atoms with E-state index < -0.39 is 0 Å². The summed E-state index contributed by atoms with van der Waals surface area (Å²) in [6, 6.07) is 0. The second-order valence-corrected chi connectivity index (χ2v) is 4.48. The molecule has 78 valence electrons. The highest BCUT2D eigenvalue weighted by Gasteiger charge is 2.20. The summed E-state index contributed by atoms with van der Waals surface area (Å²) in [7, 11) is 1.39. The fraction of sp³-hybridized carbons (Fsp3) is 0.600. The van der Waals surface area contributed by atoms with E-state index in [-0.39, 0.29) is 5.97 Å². The Hall–Kier alpha value is -0.900. The number of hydrogen-bond acceptors (Lipinski definition) is 4. The third kappa shape index (κ3) is 2.12. The van der Waals surface area contributed by atoms with Crippen LogP contribution in [0.15, 0.2) is 0 Å². The maximum Gasteiger partial charge on any atom is 0.357 e. The first kappa shape index (κ1) is 11.2. The molecule has 0 aromatic carbocycles. The maximum atomic E-state index is 11.4. The Morgan fingerprint density at radius 1 is 1.64 bits per heavy atom. The number of thiazole rings is 1. The first-order valence-electron chi connectivity index (χ1n) is 4.65. The van der Waals surface area contributed by atoms with Gasteiger partial charge in [-0.3, -0.25) is 0 Å². The Balaban J connectivity index is 3.08. The summed E-state index contributed by atoms with van der Waals surface area (Å²) in [6.07, 6.45) is 1.01. The highest BCUT2D eigenvalue weighted by atomic mass is 32.1. The molecule has 14 heavy (non-hydrogen) atoms. The molecule has 1 aromatic heterocycles. The van der Waals surface area contributed by atoms with Crippen molar-refractivity contribution >= 4 is 17.3 Å². The lowest BCUT2D eigenvalue weighted by atomic mass is 10.1. The first-order valence-corrected chi connectivity index (χ1v) is 5.47. The fourth-order valence-corrected chi connectivity index (χ4v) is 2.25. The molecule has 0 saturated heterocycles. The monoisotopic (exact) mass is 213 g/mol. The van der Waals surface area contributed by atoms with Gasteiger partial charge in [-0.15, -0.1) is 11.3 Å². The minimum Gasteiger partial charge on any atom is -0.464 e. The Labute approximate surface area is 88.1 Å². The quantitative estimate of drug-likeness (QED) is 0.725. The van der Waals surface area contributed by atoms with Gasteiger partial charge in [0.15, 0.2) is 5.69 Å². The molecule has 1 unspecified atom stereocenters. The number of carbonyl (C=O) groups is 1. The molecule has 1 aromatic rings. The number of methoxy groups -OCH3 is 1. The van der Waals surface area contributed by atoms with Crippen molar-refractivity contribution in [2.75, 3.05) is 7.11 Å². The molecule has 0 aliphatic rings. The number of hydrogen-bond donors (Lipinski definition) is 0. The van der Waals surface area contributed by atoms with Crippen molar-refractivity contribution in [2.24, 2.45) is 0 Å². The summed E-state index contributed by atoms with van der Waals surface area (Å²) >= 11 is 1.58. The fourth-order valence-electron chi connectivity index (χ4n) is 1.21. The van der Waals surface area contributed by atoms with E-state index in [1.54, 1.807) is 11.3 Å². The van der Waals surface area contributed by atoms with Crippen molar-refractivity contribution < 1.29 is 9.53 Å². The van der Waals surface area contributed by atoms with Crippen LogP contribution in [0.2, 0.25) is 0 Å². The lowest BCUT2D eigenvalue weighted by molar-refractivity contribution is 0.0593. The van der Waals surface area contributed by atoms with Crippen LogP contribution in [-0.4, -0.2) is 18.1 Å². The summed E-state index contributed by atoms with van der Waals surface area (Å²) in [4.78, 5) is 16.6. The van der Waals surface area contributed by atoms with Gasteiger partial charge in [0, 0.05) is 4.88 Å². The number of nitrogens with zero attached hydrogens (tertiary/aromatic N) is 1. The molecule has 0 N–H and O–H groups in total. The molecule has 0 radical (unpaired) electrons. The smallest absolute Gasteiger partial charge is 0.357 e. The molecular formula is C10H15NO2S. The number of aryl methyl sites for hydroxylation is 1. The molecule has 4 heteroatoms. The number of esters is 1. The maximum absolute atomic E-state index is 11.4. The van der Waals surface area contributed by atoms with Gasteiger partial charge in [0.05, 0.1) is 12.1 Å². The summed E-state index contributed by atoms with van der Waals surface area (Å²) < 4.78 is 4.69. The van der Waals surface area contributed by atoms with E-state index in [9.17, 15) is 4.79 Å². The van der Waals surface area contributed by atoms with Gasteiger partial charge in [0.2, 0.25) is 0 Å². The van der Waals surface area contributed by atoms with E-state index in [0.29, 0.717) is 11.6 Å². The van der Waals surface area contributed by atoms with E-state index in [2.05, 4.69) is 18.8 Å². The molecule has 1 atom stereocenters. The Morgan fingerprint density at radius 3 is 2.79 bits per heavy atom. The van der Waals surface area contributed by atoms with Crippen molar-refractivity contribution in [3.05, 3.63) is 15.6 Å². The van der Waals surface area contributed by atoms with Gasteiger partial charge in [-0.25, -0.2) is 9.78 Å². The van der Waals surface area contributed by atoms with Gasteiger partial charge < -0.3 is 4.74 Å². The molecule has 0 saturated carbocycles. The highest BCUT2D eigenvalue weighted by molar-refractivity contribution is 7.12. The molecule has 1 rings (SSSR count). The lowest BCUT2D eigenvalue weighted by Crippen LogP contribution is -2.06. The standard InChI is InChI=1S/C10H15NO2S/c1-5-6(2)9-8(10(12)13-4)11-7(3)14-9/h6H,5H2,1-4H3. The largest absolute Gasteiger partial charge is 0.464 e. The predicted octanol–water partition coefficient (Wildman–Crippen LogP) is 2.75. The van der Waals surface area contributed by atoms with Crippen molar-refractivity contribution in [3.63, 3.8) is 0 Å². The third-order valence-corrected chi connectivity index (χ3v) is 3.40. The zero-order valence-electron chi connectivity index (χ0n) is 8.96. The Bertz CT molecular complexity index is 333. The Kier molecular flexibility index (Phi) is 3.63. The second kappa shape index (κ2) is 4.55. The molecule has 0 aliphatic heterocycles. The van der Waals surface area contributed by atoms with Gasteiger partial charge in [-0.2, -0.15) is 0 Å². The minimum absolute atomic E-state index is 0.329. The average molecular weight is 213 g/mol. The highest BCUT2D eigenvalue weighted by Crippen LogP contribution is 2.29. The van der Waals surface area contributed by atoms with Crippen LogP contribution in [0, 0.1) is 6.92 Å². The molecule has 0 amide bonds. The summed E-state index contributed by atoms with van der Waals surface area (Å²) in [6.45, 7) is 6.10. The number of carbonyl (C=O) groups excluding carboxylic acids is 1. The summed E-state index contributed by atoms with van der Waals surface area (Å²) in [5.74, 6) is 0.0416. The van der Waals surface area contributed by atoms with Gasteiger partial charge in [0.1, 0.15) is 0 Å². The van der Waals surface area contributed by atoms with Crippen LogP contribution < -0.4 is 0 Å². The molecule has 0 fully saturated rings. The van der Waals surface area contributed by atoms with Gasteiger partial charge in [-0.1, -0.05) is 13.8 Å². The zero-order chi connectivity index (χ0) is 10.7. The molecular weight excluding hydrogens is 198 g/mol. The van der Waals surface area contributed by atoms with Crippen LogP contribution in [0.25, 0.3) is 0 Å². The van der Waals surface area contributed by atoms with Crippen molar-refractivity contribution in [3.8, 4) is 0 Å². The molecule has 0 spiro atoms. The van der Waals surface area contributed by atoms with Crippen LogP contribution in [0.4, 0.5) is 0 Å². The van der Waals surface area contributed by atoms with Crippen LogP contribution in [0.5, 0.6) is 0 Å². The van der Waals surface area contributed by atoms with E-state index in [4.69, 9.17) is 4.74 Å². The predicted molar refractivity (Wildman–Crippen MR) is 56.9 cm³/mol. The van der Waals surface area contributed by atoms with E-state index in [0.717, 1.165) is 16.3 Å². The molecule has 0 aliphatic carbocycles. The van der Waals surface area contributed by atoms with Crippen LogP contribution in [0.3, 0.4) is 0 Å².